The van der Waals surface area contributed by atoms with E-state index < -0.39 is 11.7 Å². The van der Waals surface area contributed by atoms with Gasteiger partial charge in [0.25, 0.3) is 0 Å². The van der Waals surface area contributed by atoms with Crippen LogP contribution in [-0.2, 0) is 12.6 Å². The highest BCUT2D eigenvalue weighted by Gasteiger charge is 2.39. The summed E-state index contributed by atoms with van der Waals surface area (Å²) in [5.74, 6) is -0.158. The molecule has 0 radical (unpaired) electrons. The topological polar surface area (TPSA) is 34.4 Å². The Kier molecular flexibility index (Phi) is 3.52. The minimum atomic E-state index is -4.58. The van der Waals surface area contributed by atoms with Crippen LogP contribution < -0.4 is 0 Å². The van der Waals surface area contributed by atoms with E-state index in [1.165, 1.54) is 10.6 Å². The number of pyridine rings is 1. The summed E-state index contributed by atoms with van der Waals surface area (Å²) in [4.78, 5) is 16.4. The molecule has 1 aliphatic carbocycles. The molecular weight excluding hydrogens is 329 g/mol. The molecule has 0 spiro atoms. The molecule has 3 nitrogen and oxygen atoms in total. The summed E-state index contributed by atoms with van der Waals surface area (Å²) in [7, 11) is 0. The predicted octanol–water partition coefficient (Wildman–Crippen LogP) is 4.80. The molecule has 0 fully saturated rings. The Labute approximate surface area is 136 Å². The molecule has 1 unspecified atom stereocenters. The van der Waals surface area contributed by atoms with Gasteiger partial charge in [-0.15, -0.1) is 0 Å². The number of ketones is 1. The third-order valence-corrected chi connectivity index (χ3v) is 4.66. The molecule has 0 saturated heterocycles. The third-order valence-electron chi connectivity index (χ3n) is 4.45. The number of rotatable bonds is 0. The maximum absolute atomic E-state index is 13.2. The zero-order chi connectivity index (χ0) is 17.2. The Morgan fingerprint density at radius 2 is 1.91 bits per heavy atom. The van der Waals surface area contributed by atoms with Crippen LogP contribution in [0.5, 0.6) is 0 Å². The molecule has 3 rings (SSSR count). The lowest BCUT2D eigenvalue weighted by atomic mass is 9.72. The quantitative estimate of drug-likeness (QED) is 0.688. The van der Waals surface area contributed by atoms with Crippen molar-refractivity contribution in [1.29, 1.82) is 0 Å². The minimum Gasteiger partial charge on any atom is -0.301 e. The zero-order valence-electron chi connectivity index (χ0n) is 13.0. The van der Waals surface area contributed by atoms with Gasteiger partial charge in [-0.05, 0) is 23.8 Å². The van der Waals surface area contributed by atoms with Gasteiger partial charge in [-0.2, -0.15) is 13.2 Å². The predicted molar refractivity (Wildman–Crippen MR) is 80.8 cm³/mol. The monoisotopic (exact) mass is 344 g/mol. The zero-order valence-corrected chi connectivity index (χ0v) is 13.7. The molecule has 1 aliphatic rings. The van der Waals surface area contributed by atoms with Gasteiger partial charge in [0.15, 0.2) is 5.78 Å². The van der Waals surface area contributed by atoms with Crippen LogP contribution in [0.1, 0.15) is 48.9 Å². The first-order valence-corrected chi connectivity index (χ1v) is 7.67. The van der Waals surface area contributed by atoms with E-state index in [0.717, 1.165) is 6.07 Å². The number of carbonyl (C=O) groups excluding carboxylic acids is 1. The van der Waals surface area contributed by atoms with Crippen LogP contribution in [0.15, 0.2) is 12.3 Å². The van der Waals surface area contributed by atoms with Gasteiger partial charge >= 0.3 is 6.18 Å². The molecule has 2 heterocycles. The molecule has 0 aromatic carbocycles. The lowest BCUT2D eigenvalue weighted by molar-refractivity contribution is -0.136. The number of hydrogen-bond donors (Lipinski definition) is 0. The molecule has 0 aliphatic heterocycles. The van der Waals surface area contributed by atoms with E-state index >= 15 is 0 Å². The van der Waals surface area contributed by atoms with E-state index in [1.807, 2.05) is 20.8 Å². The average molecular weight is 345 g/mol. The van der Waals surface area contributed by atoms with Gasteiger partial charge in [0.1, 0.15) is 16.9 Å². The highest BCUT2D eigenvalue weighted by molar-refractivity contribution is 6.30. The van der Waals surface area contributed by atoms with E-state index in [-0.39, 0.29) is 33.5 Å². The molecule has 2 aromatic rings. The number of imidazole rings is 1. The van der Waals surface area contributed by atoms with Gasteiger partial charge in [-0.3, -0.25) is 4.79 Å². The lowest BCUT2D eigenvalue weighted by Gasteiger charge is -2.32. The maximum atomic E-state index is 13.2. The van der Waals surface area contributed by atoms with Gasteiger partial charge in [0.05, 0.1) is 10.7 Å². The maximum Gasteiger partial charge on any atom is 0.420 e. The summed E-state index contributed by atoms with van der Waals surface area (Å²) < 4.78 is 41.0. The number of fused-ring (bicyclic) bond motifs is 3. The number of alkyl halides is 3. The van der Waals surface area contributed by atoms with Crippen molar-refractivity contribution >= 4 is 23.0 Å². The summed E-state index contributed by atoms with van der Waals surface area (Å²) in [5.41, 5.74) is -0.639. The fourth-order valence-electron chi connectivity index (χ4n) is 3.02. The second-order valence-corrected chi connectivity index (χ2v) is 7.50. The Hall–Kier alpha value is -1.56. The first kappa shape index (κ1) is 16.3. The second kappa shape index (κ2) is 4.97. The van der Waals surface area contributed by atoms with Gasteiger partial charge in [0, 0.05) is 12.6 Å². The van der Waals surface area contributed by atoms with E-state index in [0.29, 0.717) is 18.5 Å². The van der Waals surface area contributed by atoms with E-state index in [1.54, 1.807) is 0 Å². The number of hydrogen-bond acceptors (Lipinski definition) is 2. The molecular formula is C16H16ClF3N2O. The van der Waals surface area contributed by atoms with Crippen molar-refractivity contribution in [3.63, 3.8) is 0 Å². The number of Topliss-reactive ketones (excluding diaryl/α,β-unsaturated/α-hetero) is 1. The van der Waals surface area contributed by atoms with Crippen LogP contribution in [0.3, 0.4) is 0 Å². The Bertz CT molecular complexity index is 802. The van der Waals surface area contributed by atoms with E-state index in [9.17, 15) is 18.0 Å². The Morgan fingerprint density at radius 3 is 2.48 bits per heavy atom. The van der Waals surface area contributed by atoms with Crippen molar-refractivity contribution in [3.05, 3.63) is 34.2 Å². The van der Waals surface area contributed by atoms with E-state index in [2.05, 4.69) is 4.98 Å². The van der Waals surface area contributed by atoms with Gasteiger partial charge in [0.2, 0.25) is 0 Å². The SMILES string of the molecule is CC(C)(C)C1CC(=O)c2nc3c(C(F)(F)F)cc(Cl)cn3c2C1. The van der Waals surface area contributed by atoms with E-state index in [4.69, 9.17) is 11.6 Å². The molecule has 23 heavy (non-hydrogen) atoms. The standard InChI is InChI=1S/C16H16ClF3N2O/c1-15(2,3)8-4-11-13(12(23)5-8)21-14-10(16(18,19)20)6-9(17)7-22(11)14/h6-8H,4-5H2,1-3H3. The average Bonchev–Trinajstić information content (AvgIpc) is 2.75. The smallest absolute Gasteiger partial charge is 0.301 e. The highest BCUT2D eigenvalue weighted by atomic mass is 35.5. The number of nitrogens with zero attached hydrogens (tertiary/aromatic N) is 2. The van der Waals surface area contributed by atoms with Gasteiger partial charge in [-0.1, -0.05) is 32.4 Å². The minimum absolute atomic E-state index is 0.0321. The Morgan fingerprint density at radius 1 is 1.26 bits per heavy atom. The summed E-state index contributed by atoms with van der Waals surface area (Å²) in [6.07, 6.45) is -2.37. The molecule has 0 amide bonds. The molecule has 0 saturated carbocycles. The fourth-order valence-corrected chi connectivity index (χ4v) is 3.23. The lowest BCUT2D eigenvalue weighted by Crippen LogP contribution is -2.30. The van der Waals surface area contributed by atoms with Crippen molar-refractivity contribution in [2.75, 3.05) is 0 Å². The Balaban J connectivity index is 2.26. The first-order chi connectivity index (χ1) is 10.5. The fraction of sp³-hybridized carbons (Fsp3) is 0.500. The first-order valence-electron chi connectivity index (χ1n) is 7.29. The molecule has 1 atom stereocenters. The molecule has 124 valence electrons. The van der Waals surface area contributed by atoms with Gasteiger partial charge in [-0.25, -0.2) is 4.98 Å². The molecule has 2 aromatic heterocycles. The summed E-state index contributed by atoms with van der Waals surface area (Å²) >= 11 is 5.86. The number of halogens is 4. The van der Waals surface area contributed by atoms with Crippen LogP contribution >= 0.6 is 11.6 Å². The second-order valence-electron chi connectivity index (χ2n) is 7.06. The van der Waals surface area contributed by atoms with Crippen LogP contribution in [0.25, 0.3) is 5.65 Å². The summed E-state index contributed by atoms with van der Waals surface area (Å²) in [6.45, 7) is 6.06. The molecule has 7 heteroatoms. The van der Waals surface area contributed by atoms with Crippen molar-refractivity contribution in [1.82, 2.24) is 9.38 Å². The third kappa shape index (κ3) is 2.73. The van der Waals surface area contributed by atoms with Crippen molar-refractivity contribution in [3.8, 4) is 0 Å². The largest absolute Gasteiger partial charge is 0.420 e. The van der Waals surface area contributed by atoms with Crippen molar-refractivity contribution in [2.45, 2.75) is 39.8 Å². The van der Waals surface area contributed by atoms with Crippen LogP contribution in [0, 0.1) is 11.3 Å². The number of carbonyl (C=O) groups is 1. The van der Waals surface area contributed by atoms with Crippen LogP contribution in [0.2, 0.25) is 5.02 Å². The van der Waals surface area contributed by atoms with Crippen LogP contribution in [0.4, 0.5) is 13.2 Å². The summed E-state index contributed by atoms with van der Waals surface area (Å²) in [5, 5.41) is -0.0321. The number of aromatic nitrogens is 2. The van der Waals surface area contributed by atoms with Gasteiger partial charge < -0.3 is 4.40 Å². The molecule has 0 bridgehead atoms. The van der Waals surface area contributed by atoms with Crippen molar-refractivity contribution < 1.29 is 18.0 Å². The van der Waals surface area contributed by atoms with Crippen molar-refractivity contribution in [2.24, 2.45) is 11.3 Å². The normalized spacial score (nSPS) is 19.3. The van der Waals surface area contributed by atoms with Crippen LogP contribution in [-0.4, -0.2) is 15.2 Å². The highest BCUT2D eigenvalue weighted by Crippen LogP contribution is 2.40. The molecule has 0 N–H and O–H groups in total. The summed E-state index contributed by atoms with van der Waals surface area (Å²) in [6, 6.07) is 0.848.